The van der Waals surface area contributed by atoms with Gasteiger partial charge in [-0.1, -0.05) is 11.6 Å². The summed E-state index contributed by atoms with van der Waals surface area (Å²) in [6.45, 7) is 0.747. The predicted octanol–water partition coefficient (Wildman–Crippen LogP) is 4.94. The molecule has 2 aromatic carbocycles. The van der Waals surface area contributed by atoms with Crippen LogP contribution in [-0.4, -0.2) is 13.1 Å². The normalized spacial score (nSPS) is 15.7. The Morgan fingerprint density at radius 2 is 1.85 bits per heavy atom. The number of piperidine rings is 1. The van der Waals surface area contributed by atoms with Gasteiger partial charge in [0.25, 0.3) is 5.92 Å². The van der Waals surface area contributed by atoms with Crippen LogP contribution in [0, 0.1) is 23.1 Å². The molecule has 2 aromatic rings. The third kappa shape index (κ3) is 3.45. The average molecular weight is 380 g/mol. The molecule has 26 heavy (non-hydrogen) atoms. The first kappa shape index (κ1) is 18.4. The number of nitriles is 1. The van der Waals surface area contributed by atoms with Gasteiger partial charge >= 0.3 is 0 Å². The Morgan fingerprint density at radius 3 is 2.46 bits per heavy atom. The van der Waals surface area contributed by atoms with Crippen LogP contribution < -0.4 is 10.6 Å². The summed E-state index contributed by atoms with van der Waals surface area (Å²) in [5.41, 5.74) is 6.93. The van der Waals surface area contributed by atoms with E-state index in [4.69, 9.17) is 22.6 Å². The van der Waals surface area contributed by atoms with Crippen LogP contribution in [0.4, 0.5) is 24.5 Å². The molecule has 0 unspecified atom stereocenters. The second-order valence-electron chi connectivity index (χ2n) is 6.39. The summed E-state index contributed by atoms with van der Waals surface area (Å²) in [5.74, 6) is -5.22. The van der Waals surface area contributed by atoms with E-state index in [9.17, 15) is 13.2 Å². The highest BCUT2D eigenvalue weighted by Gasteiger charge is 2.44. The summed E-state index contributed by atoms with van der Waals surface area (Å²) in [6, 6.07) is 10.2. The van der Waals surface area contributed by atoms with Crippen LogP contribution in [0.15, 0.2) is 36.4 Å². The van der Waals surface area contributed by atoms with Crippen molar-refractivity contribution in [2.24, 2.45) is 5.92 Å². The Kier molecular flexibility index (Phi) is 5.01. The Hall–Kier alpha value is -2.39. The zero-order chi connectivity index (χ0) is 18.9. The van der Waals surface area contributed by atoms with Crippen molar-refractivity contribution in [1.82, 2.24) is 0 Å². The highest BCUT2D eigenvalue weighted by molar-refractivity contribution is 6.30. The van der Waals surface area contributed by atoms with E-state index in [1.807, 2.05) is 11.0 Å². The van der Waals surface area contributed by atoms with Crippen LogP contribution in [0.25, 0.3) is 0 Å². The van der Waals surface area contributed by atoms with Crippen molar-refractivity contribution < 1.29 is 13.2 Å². The molecule has 1 saturated heterocycles. The maximum atomic E-state index is 14.8. The highest BCUT2D eigenvalue weighted by Crippen LogP contribution is 2.44. The summed E-state index contributed by atoms with van der Waals surface area (Å²) in [7, 11) is 0. The largest absolute Gasteiger partial charge is 0.397 e. The van der Waals surface area contributed by atoms with E-state index in [1.165, 1.54) is 6.07 Å². The zero-order valence-electron chi connectivity index (χ0n) is 13.9. The topological polar surface area (TPSA) is 53.0 Å². The van der Waals surface area contributed by atoms with Crippen LogP contribution in [0.3, 0.4) is 0 Å². The highest BCUT2D eigenvalue weighted by atomic mass is 35.5. The van der Waals surface area contributed by atoms with Gasteiger partial charge in [0, 0.05) is 24.0 Å². The van der Waals surface area contributed by atoms with Crippen molar-refractivity contribution in [3.05, 3.63) is 58.4 Å². The Bertz CT molecular complexity index is 856. The molecule has 0 aliphatic carbocycles. The summed E-state index contributed by atoms with van der Waals surface area (Å²) >= 11 is 5.76. The van der Waals surface area contributed by atoms with E-state index in [0.29, 0.717) is 24.3 Å². The molecule has 1 aliphatic heterocycles. The second-order valence-corrected chi connectivity index (χ2v) is 6.83. The van der Waals surface area contributed by atoms with Gasteiger partial charge in [0.05, 0.1) is 28.6 Å². The molecule has 3 nitrogen and oxygen atoms in total. The lowest BCUT2D eigenvalue weighted by Crippen LogP contribution is -2.40. The molecule has 2 N–H and O–H groups in total. The number of hydrogen-bond acceptors (Lipinski definition) is 3. The number of nitrogens with two attached hydrogens (primary N) is 1. The van der Waals surface area contributed by atoms with Gasteiger partial charge in [-0.15, -0.1) is 0 Å². The van der Waals surface area contributed by atoms with Gasteiger partial charge in [-0.05, 0) is 49.2 Å². The molecule has 0 radical (unpaired) electrons. The van der Waals surface area contributed by atoms with Crippen LogP contribution in [0.5, 0.6) is 0 Å². The molecule has 0 saturated carbocycles. The smallest absolute Gasteiger partial charge is 0.279 e. The summed E-state index contributed by atoms with van der Waals surface area (Å²) in [5, 5.41) is 8.98. The van der Waals surface area contributed by atoms with Crippen molar-refractivity contribution >= 4 is 23.0 Å². The van der Waals surface area contributed by atoms with E-state index < -0.39 is 23.2 Å². The standard InChI is InChI=1S/C19H17ClF3N3/c20-14-2-3-16(21)15(10-14)19(22,23)13-5-7-26(8-6-13)18-4-1-12(11-24)9-17(18)25/h1-4,9-10,13H,5-8,25H2. The molecule has 1 heterocycles. The third-order valence-corrected chi connectivity index (χ3v) is 5.03. The summed E-state index contributed by atoms with van der Waals surface area (Å²) in [4.78, 5) is 1.91. The maximum absolute atomic E-state index is 14.8. The van der Waals surface area contributed by atoms with Crippen LogP contribution in [0.2, 0.25) is 5.02 Å². The van der Waals surface area contributed by atoms with Crippen LogP contribution in [0.1, 0.15) is 24.0 Å². The van der Waals surface area contributed by atoms with Crippen molar-refractivity contribution in [1.29, 1.82) is 5.26 Å². The van der Waals surface area contributed by atoms with Crippen LogP contribution >= 0.6 is 11.6 Å². The van der Waals surface area contributed by atoms with E-state index in [1.54, 1.807) is 18.2 Å². The molecule has 7 heteroatoms. The Balaban J connectivity index is 1.76. The first-order valence-corrected chi connectivity index (χ1v) is 8.58. The van der Waals surface area contributed by atoms with Gasteiger partial charge in [0.15, 0.2) is 0 Å². The fourth-order valence-corrected chi connectivity index (χ4v) is 3.54. The van der Waals surface area contributed by atoms with Gasteiger partial charge in [-0.2, -0.15) is 5.26 Å². The predicted molar refractivity (Wildman–Crippen MR) is 95.8 cm³/mol. The van der Waals surface area contributed by atoms with Crippen molar-refractivity contribution in [3.63, 3.8) is 0 Å². The van der Waals surface area contributed by atoms with Crippen LogP contribution in [-0.2, 0) is 5.92 Å². The summed E-state index contributed by atoms with van der Waals surface area (Å²) in [6.07, 6.45) is 0.386. The molecule has 1 fully saturated rings. The first-order valence-electron chi connectivity index (χ1n) is 8.21. The first-order chi connectivity index (χ1) is 12.3. The minimum absolute atomic E-state index is 0.0869. The van der Waals surface area contributed by atoms with Crippen molar-refractivity contribution in [3.8, 4) is 6.07 Å². The minimum atomic E-state index is -3.29. The molecule has 0 atom stereocenters. The van der Waals surface area contributed by atoms with Crippen molar-refractivity contribution in [2.45, 2.75) is 18.8 Å². The zero-order valence-corrected chi connectivity index (χ0v) is 14.6. The van der Waals surface area contributed by atoms with Gasteiger partial charge < -0.3 is 10.6 Å². The second kappa shape index (κ2) is 7.08. The monoisotopic (exact) mass is 379 g/mol. The number of alkyl halides is 2. The van der Waals surface area contributed by atoms with E-state index in [-0.39, 0.29) is 17.9 Å². The Labute approximate surface area is 154 Å². The number of hydrogen-bond donors (Lipinski definition) is 1. The number of anilines is 2. The molecular formula is C19H17ClF3N3. The molecule has 0 bridgehead atoms. The van der Waals surface area contributed by atoms with E-state index in [0.717, 1.165) is 17.8 Å². The number of nitrogens with zero attached hydrogens (tertiary/aromatic N) is 2. The molecule has 3 rings (SSSR count). The molecule has 0 aromatic heterocycles. The Morgan fingerprint density at radius 1 is 1.15 bits per heavy atom. The van der Waals surface area contributed by atoms with Crippen molar-refractivity contribution in [2.75, 3.05) is 23.7 Å². The molecular weight excluding hydrogens is 363 g/mol. The summed E-state index contributed by atoms with van der Waals surface area (Å²) < 4.78 is 43.5. The van der Waals surface area contributed by atoms with Gasteiger partial charge in [-0.25, -0.2) is 13.2 Å². The molecule has 0 amide bonds. The number of rotatable bonds is 3. The number of benzene rings is 2. The van der Waals surface area contributed by atoms with E-state index >= 15 is 0 Å². The van der Waals surface area contributed by atoms with Gasteiger partial charge in [0.2, 0.25) is 0 Å². The average Bonchev–Trinajstić information content (AvgIpc) is 2.63. The maximum Gasteiger partial charge on any atom is 0.279 e. The van der Waals surface area contributed by atoms with E-state index in [2.05, 4.69) is 0 Å². The fraction of sp³-hybridized carbons (Fsp3) is 0.316. The SMILES string of the molecule is N#Cc1ccc(N2CCC(C(F)(F)c3cc(Cl)ccc3F)CC2)c(N)c1. The lowest BCUT2D eigenvalue weighted by atomic mass is 9.86. The lowest BCUT2D eigenvalue weighted by molar-refractivity contribution is -0.0760. The molecule has 136 valence electrons. The van der Waals surface area contributed by atoms with Gasteiger partial charge in [0.1, 0.15) is 5.82 Å². The lowest BCUT2D eigenvalue weighted by Gasteiger charge is -2.37. The third-order valence-electron chi connectivity index (χ3n) is 4.79. The molecule has 0 spiro atoms. The van der Waals surface area contributed by atoms with Gasteiger partial charge in [-0.3, -0.25) is 0 Å². The number of halogens is 4. The quantitative estimate of drug-likeness (QED) is 0.768. The minimum Gasteiger partial charge on any atom is -0.397 e. The molecule has 1 aliphatic rings. The fourth-order valence-electron chi connectivity index (χ4n) is 3.37. The number of nitrogen functional groups attached to an aromatic ring is 1.